The highest BCUT2D eigenvalue weighted by Gasteiger charge is 2.45. The Balaban J connectivity index is 1.46. The van der Waals surface area contributed by atoms with E-state index in [0.29, 0.717) is 35.5 Å². The molecule has 0 bridgehead atoms. The Kier molecular flexibility index (Phi) is 7.24. The normalized spacial score (nSPS) is 17.4. The first-order valence-electron chi connectivity index (χ1n) is 13.4. The van der Waals surface area contributed by atoms with Crippen molar-refractivity contribution in [2.45, 2.75) is 69.3 Å². The minimum Gasteiger partial charge on any atom is -0.467 e. The summed E-state index contributed by atoms with van der Waals surface area (Å²) in [5, 5.41) is 3.47. The molecule has 0 unspecified atom stereocenters. The monoisotopic (exact) mass is 569 g/mol. The SMILES string of the molecule is COC(=O)C1(NC(=O)OC(C)(C)C)CCN(c2ncnc3c2c(C2CC2)cn3S(=O)(=O)Cc2ccccc2)CC1. The van der Waals surface area contributed by atoms with Crippen molar-refractivity contribution in [2.75, 3.05) is 25.1 Å². The van der Waals surface area contributed by atoms with E-state index in [4.69, 9.17) is 9.47 Å². The highest BCUT2D eigenvalue weighted by Crippen LogP contribution is 2.46. The van der Waals surface area contributed by atoms with Gasteiger partial charge in [-0.25, -0.2) is 31.9 Å². The van der Waals surface area contributed by atoms with Gasteiger partial charge in [0, 0.05) is 19.3 Å². The highest BCUT2D eigenvalue weighted by molar-refractivity contribution is 7.89. The number of alkyl carbamates (subject to hydrolysis) is 1. The minimum atomic E-state index is -3.75. The van der Waals surface area contributed by atoms with Crippen LogP contribution in [0, 0.1) is 0 Å². The molecule has 3 aromatic rings. The van der Waals surface area contributed by atoms with Crippen LogP contribution in [0.1, 0.15) is 63.5 Å². The van der Waals surface area contributed by atoms with E-state index in [2.05, 4.69) is 15.3 Å². The lowest BCUT2D eigenvalue weighted by molar-refractivity contribution is -0.149. The number of hydrogen-bond acceptors (Lipinski definition) is 9. The van der Waals surface area contributed by atoms with Crippen molar-refractivity contribution in [3.63, 3.8) is 0 Å². The number of rotatable bonds is 7. The number of amides is 1. The lowest BCUT2D eigenvalue weighted by atomic mass is 9.87. The van der Waals surface area contributed by atoms with Gasteiger partial charge in [-0.2, -0.15) is 0 Å². The lowest BCUT2D eigenvalue weighted by Crippen LogP contribution is -2.61. The minimum absolute atomic E-state index is 0.150. The number of fused-ring (bicyclic) bond motifs is 1. The maximum Gasteiger partial charge on any atom is 0.408 e. The Hall–Kier alpha value is -3.67. The van der Waals surface area contributed by atoms with E-state index in [1.807, 2.05) is 23.1 Å². The van der Waals surface area contributed by atoms with Gasteiger partial charge < -0.3 is 19.7 Å². The quantitative estimate of drug-likeness (QED) is 0.423. The van der Waals surface area contributed by atoms with Crippen LogP contribution in [0.3, 0.4) is 0 Å². The van der Waals surface area contributed by atoms with Crippen LogP contribution >= 0.6 is 0 Å². The lowest BCUT2D eigenvalue weighted by Gasteiger charge is -2.40. The van der Waals surface area contributed by atoms with E-state index in [1.165, 1.54) is 17.4 Å². The first kappa shape index (κ1) is 27.9. The zero-order chi connectivity index (χ0) is 28.7. The molecule has 12 heteroatoms. The molecule has 11 nitrogen and oxygen atoms in total. The second-order valence-corrected chi connectivity index (χ2v) is 13.3. The summed E-state index contributed by atoms with van der Waals surface area (Å²) in [6, 6.07) is 9.06. The van der Waals surface area contributed by atoms with Crippen molar-refractivity contribution >= 4 is 38.9 Å². The van der Waals surface area contributed by atoms with Crippen molar-refractivity contribution in [2.24, 2.45) is 0 Å². The molecule has 40 heavy (non-hydrogen) atoms. The van der Waals surface area contributed by atoms with Crippen LogP contribution < -0.4 is 10.2 Å². The Morgan fingerprint density at radius 2 is 1.77 bits per heavy atom. The molecule has 214 valence electrons. The topological polar surface area (TPSA) is 133 Å². The number of benzene rings is 1. The van der Waals surface area contributed by atoms with Crippen LogP contribution in [-0.2, 0) is 30.0 Å². The van der Waals surface area contributed by atoms with E-state index < -0.39 is 33.2 Å². The average Bonchev–Trinajstić information content (AvgIpc) is 3.66. The molecule has 0 atom stereocenters. The van der Waals surface area contributed by atoms with Gasteiger partial charge in [-0.1, -0.05) is 30.3 Å². The Labute approximate surface area is 233 Å². The molecule has 1 amide bonds. The number of esters is 1. The second kappa shape index (κ2) is 10.4. The van der Waals surface area contributed by atoms with Crippen molar-refractivity contribution in [1.82, 2.24) is 19.3 Å². The summed E-state index contributed by atoms with van der Waals surface area (Å²) < 4.78 is 38.8. The number of piperidine rings is 1. The number of hydrogen-bond donors (Lipinski definition) is 1. The van der Waals surface area contributed by atoms with Crippen LogP contribution in [0.15, 0.2) is 42.9 Å². The summed E-state index contributed by atoms with van der Waals surface area (Å²) in [5.74, 6) is 0.176. The summed E-state index contributed by atoms with van der Waals surface area (Å²) in [5.41, 5.74) is -0.0102. The number of nitrogens with zero attached hydrogens (tertiary/aromatic N) is 4. The van der Waals surface area contributed by atoms with Crippen LogP contribution in [0.25, 0.3) is 11.0 Å². The highest BCUT2D eigenvalue weighted by atomic mass is 32.2. The predicted molar refractivity (Wildman–Crippen MR) is 150 cm³/mol. The van der Waals surface area contributed by atoms with Gasteiger partial charge >= 0.3 is 12.1 Å². The number of aromatic nitrogens is 3. The molecule has 2 fully saturated rings. The molecule has 1 saturated heterocycles. The number of carbonyl (C=O) groups excluding carboxylic acids is 2. The molecule has 1 aliphatic heterocycles. The predicted octanol–water partition coefficient (Wildman–Crippen LogP) is 3.72. The van der Waals surface area contributed by atoms with E-state index in [9.17, 15) is 18.0 Å². The Bertz CT molecular complexity index is 1520. The zero-order valence-corrected chi connectivity index (χ0v) is 24.0. The maximum atomic E-state index is 13.5. The van der Waals surface area contributed by atoms with Crippen LogP contribution in [0.4, 0.5) is 10.6 Å². The Morgan fingerprint density at radius 3 is 2.38 bits per heavy atom. The van der Waals surface area contributed by atoms with Gasteiger partial charge in [-0.15, -0.1) is 0 Å². The molecule has 3 heterocycles. The molecule has 1 aliphatic carbocycles. The second-order valence-electron chi connectivity index (χ2n) is 11.5. The van der Waals surface area contributed by atoms with Gasteiger partial charge in [-0.05, 0) is 63.5 Å². The summed E-state index contributed by atoms with van der Waals surface area (Å²) in [4.78, 5) is 36.5. The van der Waals surface area contributed by atoms with Crippen molar-refractivity contribution < 1.29 is 27.5 Å². The maximum absolute atomic E-state index is 13.5. The fourth-order valence-corrected chi connectivity index (χ4v) is 6.66. The van der Waals surface area contributed by atoms with Gasteiger partial charge in [0.1, 0.15) is 23.3 Å². The molecular weight excluding hydrogens is 534 g/mol. The Morgan fingerprint density at radius 1 is 1.10 bits per heavy atom. The third-order valence-corrected chi connectivity index (χ3v) is 8.88. The summed E-state index contributed by atoms with van der Waals surface area (Å²) in [6.45, 7) is 6.02. The van der Waals surface area contributed by atoms with Gasteiger partial charge in [0.05, 0.1) is 18.2 Å². The molecule has 2 aromatic heterocycles. The molecule has 0 spiro atoms. The van der Waals surface area contributed by atoms with E-state index in [0.717, 1.165) is 18.4 Å². The number of carbonyl (C=O) groups is 2. The summed E-state index contributed by atoms with van der Waals surface area (Å²) in [6.07, 6.45) is 4.85. The standard InChI is InChI=1S/C28H35N5O6S/c1-27(2,3)39-26(35)31-28(25(34)38-4)12-14-32(15-13-28)23-22-21(20-10-11-20)16-33(24(22)30-18-29-23)40(36,37)17-19-8-6-5-7-9-19/h5-9,16,18,20H,10-15,17H2,1-4H3,(H,31,35). The van der Waals surface area contributed by atoms with Crippen molar-refractivity contribution in [3.8, 4) is 0 Å². The van der Waals surface area contributed by atoms with Gasteiger partial charge in [-0.3, -0.25) is 0 Å². The van der Waals surface area contributed by atoms with E-state index >= 15 is 0 Å². The summed E-state index contributed by atoms with van der Waals surface area (Å²) in [7, 11) is -2.46. The molecule has 1 saturated carbocycles. The molecular formula is C28H35N5O6S. The molecule has 1 aromatic carbocycles. The largest absolute Gasteiger partial charge is 0.467 e. The van der Waals surface area contributed by atoms with E-state index in [-0.39, 0.29) is 24.5 Å². The molecule has 2 aliphatic rings. The zero-order valence-electron chi connectivity index (χ0n) is 23.2. The fourth-order valence-electron chi connectivity index (χ4n) is 5.23. The van der Waals surface area contributed by atoms with Crippen LogP contribution in [0.5, 0.6) is 0 Å². The third kappa shape index (κ3) is 5.63. The first-order chi connectivity index (χ1) is 18.9. The van der Waals surface area contributed by atoms with Crippen molar-refractivity contribution in [1.29, 1.82) is 0 Å². The molecule has 1 N–H and O–H groups in total. The fraction of sp³-hybridized carbons (Fsp3) is 0.500. The number of ether oxygens (including phenoxy) is 2. The molecule has 0 radical (unpaired) electrons. The average molecular weight is 570 g/mol. The van der Waals surface area contributed by atoms with Crippen LogP contribution in [-0.4, -0.2) is 65.8 Å². The van der Waals surface area contributed by atoms with Crippen molar-refractivity contribution in [3.05, 3.63) is 54.0 Å². The van der Waals surface area contributed by atoms with E-state index in [1.54, 1.807) is 39.1 Å². The van der Waals surface area contributed by atoms with Crippen LogP contribution in [0.2, 0.25) is 0 Å². The first-order valence-corrected chi connectivity index (χ1v) is 15.0. The summed E-state index contributed by atoms with van der Waals surface area (Å²) >= 11 is 0. The number of nitrogens with one attached hydrogen (secondary N) is 1. The molecule has 5 rings (SSSR count). The third-order valence-electron chi connectivity index (χ3n) is 7.30. The number of anilines is 1. The smallest absolute Gasteiger partial charge is 0.408 e. The van der Waals surface area contributed by atoms with Gasteiger partial charge in [0.2, 0.25) is 10.0 Å². The van der Waals surface area contributed by atoms with Gasteiger partial charge in [0.25, 0.3) is 0 Å². The van der Waals surface area contributed by atoms with Gasteiger partial charge in [0.15, 0.2) is 5.65 Å². The number of methoxy groups -OCH3 is 1.